The van der Waals surface area contributed by atoms with Gasteiger partial charge < -0.3 is 9.88 Å². The summed E-state index contributed by atoms with van der Waals surface area (Å²) in [5, 5.41) is 5.10. The van der Waals surface area contributed by atoms with E-state index in [1.165, 1.54) is 0 Å². The fourth-order valence-corrected chi connectivity index (χ4v) is 3.67. The molecule has 0 radical (unpaired) electrons. The molecule has 0 saturated heterocycles. The first-order valence-electron chi connectivity index (χ1n) is 9.97. The third-order valence-electron chi connectivity index (χ3n) is 4.70. The highest BCUT2D eigenvalue weighted by atomic mass is 35.5. The van der Waals surface area contributed by atoms with Gasteiger partial charge in [-0.2, -0.15) is 0 Å². The molecular formula is C23H25Cl2N3O2. The van der Waals surface area contributed by atoms with Crippen molar-refractivity contribution in [2.45, 2.75) is 33.7 Å². The number of fused-ring (bicyclic) bond motifs is 1. The molecule has 30 heavy (non-hydrogen) atoms. The van der Waals surface area contributed by atoms with E-state index in [4.69, 9.17) is 23.2 Å². The molecule has 3 rings (SSSR count). The maximum absolute atomic E-state index is 13.2. The third kappa shape index (κ3) is 4.79. The predicted octanol–water partition coefficient (Wildman–Crippen LogP) is 6.41. The molecule has 1 heterocycles. The topological polar surface area (TPSA) is 54.3 Å². The molecule has 158 valence electrons. The molecule has 1 aromatic heterocycles. The first-order valence-corrected chi connectivity index (χ1v) is 10.7. The van der Waals surface area contributed by atoms with Crippen LogP contribution in [0.15, 0.2) is 53.5 Å². The Hall–Kier alpha value is -2.50. The monoisotopic (exact) mass is 445 g/mol. The largest absolute Gasteiger partial charge is 0.326 e. The van der Waals surface area contributed by atoms with Crippen LogP contribution in [0.5, 0.6) is 0 Å². The van der Waals surface area contributed by atoms with Crippen LogP contribution in [-0.4, -0.2) is 17.1 Å². The second-order valence-corrected chi connectivity index (χ2v) is 8.43. The Morgan fingerprint density at radius 3 is 2.43 bits per heavy atom. The summed E-state index contributed by atoms with van der Waals surface area (Å²) >= 11 is 12.2. The van der Waals surface area contributed by atoms with E-state index < -0.39 is 0 Å². The van der Waals surface area contributed by atoms with Crippen LogP contribution in [0.4, 0.5) is 16.2 Å². The van der Waals surface area contributed by atoms with Crippen LogP contribution in [0.3, 0.4) is 0 Å². The van der Waals surface area contributed by atoms with Crippen molar-refractivity contribution < 1.29 is 4.79 Å². The first-order chi connectivity index (χ1) is 14.3. The SMILES string of the molecule is CCCN(C(=O)Nc1cn(CC(C)C)c(=O)c2ccccc12)c1ccc(Cl)c(Cl)c1. The number of rotatable bonds is 6. The molecule has 2 amide bonds. The maximum Gasteiger partial charge on any atom is 0.326 e. The lowest BCUT2D eigenvalue weighted by molar-refractivity contribution is 0.257. The first kappa shape index (κ1) is 22.2. The number of anilines is 2. The number of nitrogens with zero attached hydrogens (tertiary/aromatic N) is 2. The molecule has 3 aromatic rings. The van der Waals surface area contributed by atoms with E-state index in [2.05, 4.69) is 5.32 Å². The molecule has 0 bridgehead atoms. The Kier molecular flexibility index (Phi) is 7.06. The van der Waals surface area contributed by atoms with Gasteiger partial charge in [-0.3, -0.25) is 9.69 Å². The highest BCUT2D eigenvalue weighted by Crippen LogP contribution is 2.28. The van der Waals surface area contributed by atoms with Gasteiger partial charge in [0, 0.05) is 35.7 Å². The highest BCUT2D eigenvalue weighted by molar-refractivity contribution is 6.42. The Morgan fingerprint density at radius 1 is 1.10 bits per heavy atom. The molecule has 7 heteroatoms. The van der Waals surface area contributed by atoms with Crippen molar-refractivity contribution in [3.8, 4) is 0 Å². The average molecular weight is 446 g/mol. The average Bonchev–Trinajstić information content (AvgIpc) is 2.71. The fourth-order valence-electron chi connectivity index (χ4n) is 3.38. The van der Waals surface area contributed by atoms with Crippen LogP contribution < -0.4 is 15.8 Å². The summed E-state index contributed by atoms with van der Waals surface area (Å²) in [4.78, 5) is 27.7. The number of urea groups is 1. The Morgan fingerprint density at radius 2 is 1.80 bits per heavy atom. The minimum Gasteiger partial charge on any atom is -0.313 e. The van der Waals surface area contributed by atoms with Gasteiger partial charge in [-0.1, -0.05) is 62.2 Å². The number of pyridine rings is 1. The van der Waals surface area contributed by atoms with E-state index in [1.807, 2.05) is 39.0 Å². The van der Waals surface area contributed by atoms with Crippen molar-refractivity contribution in [2.75, 3.05) is 16.8 Å². The van der Waals surface area contributed by atoms with Crippen LogP contribution in [-0.2, 0) is 6.54 Å². The quantitative estimate of drug-likeness (QED) is 0.476. The lowest BCUT2D eigenvalue weighted by atomic mass is 10.1. The standard InChI is InChI=1S/C23H25Cl2N3O2/c1-4-11-28(16-9-10-19(24)20(25)12-16)23(30)26-21-14-27(13-15(2)3)22(29)18-8-6-5-7-17(18)21/h5-10,12,14-15H,4,11,13H2,1-3H3,(H,26,30). The maximum atomic E-state index is 13.2. The number of nitrogens with one attached hydrogen (secondary N) is 1. The minimum absolute atomic E-state index is 0.0628. The van der Waals surface area contributed by atoms with Crippen LogP contribution in [0.1, 0.15) is 27.2 Å². The number of aromatic nitrogens is 1. The summed E-state index contributed by atoms with van der Waals surface area (Å²) in [5.41, 5.74) is 1.19. The molecule has 1 N–H and O–H groups in total. The number of carbonyl (C=O) groups is 1. The van der Waals surface area contributed by atoms with Crippen molar-refractivity contribution in [3.05, 3.63) is 69.1 Å². The van der Waals surface area contributed by atoms with Crippen LogP contribution in [0, 0.1) is 5.92 Å². The van der Waals surface area contributed by atoms with Crippen LogP contribution >= 0.6 is 23.2 Å². The van der Waals surface area contributed by atoms with Gasteiger partial charge in [-0.15, -0.1) is 0 Å². The highest BCUT2D eigenvalue weighted by Gasteiger charge is 2.18. The second kappa shape index (κ2) is 9.54. The Labute approximate surface area is 186 Å². The second-order valence-electron chi connectivity index (χ2n) is 7.62. The van der Waals surface area contributed by atoms with Gasteiger partial charge in [0.25, 0.3) is 5.56 Å². The van der Waals surface area contributed by atoms with Gasteiger partial charge in [0.1, 0.15) is 0 Å². The molecule has 5 nitrogen and oxygen atoms in total. The van der Waals surface area contributed by atoms with Crippen molar-refractivity contribution in [2.24, 2.45) is 5.92 Å². The predicted molar refractivity (Wildman–Crippen MR) is 126 cm³/mol. The fraction of sp³-hybridized carbons (Fsp3) is 0.304. The van der Waals surface area contributed by atoms with Gasteiger partial charge in [0.15, 0.2) is 0 Å². The number of benzene rings is 2. The van der Waals surface area contributed by atoms with E-state index >= 15 is 0 Å². The zero-order valence-corrected chi connectivity index (χ0v) is 18.8. The number of carbonyl (C=O) groups excluding carboxylic acids is 1. The molecule has 0 aliphatic rings. The van der Waals surface area contributed by atoms with Crippen LogP contribution in [0.25, 0.3) is 10.8 Å². The Balaban J connectivity index is 2.02. The summed E-state index contributed by atoms with van der Waals surface area (Å²) in [5.74, 6) is 0.292. The van der Waals surface area contributed by atoms with E-state index in [-0.39, 0.29) is 11.6 Å². The number of amides is 2. The molecule has 0 aliphatic heterocycles. The summed E-state index contributed by atoms with van der Waals surface area (Å²) in [6, 6.07) is 12.1. The molecule has 0 atom stereocenters. The third-order valence-corrected chi connectivity index (χ3v) is 5.44. The molecule has 2 aromatic carbocycles. The smallest absolute Gasteiger partial charge is 0.313 e. The number of halogens is 2. The van der Waals surface area contributed by atoms with Gasteiger partial charge in [-0.05, 0) is 36.6 Å². The van der Waals surface area contributed by atoms with Crippen molar-refractivity contribution in [1.29, 1.82) is 0 Å². The van der Waals surface area contributed by atoms with E-state index in [0.29, 0.717) is 51.2 Å². The summed E-state index contributed by atoms with van der Waals surface area (Å²) in [7, 11) is 0. The molecular weight excluding hydrogens is 421 g/mol. The van der Waals surface area contributed by atoms with Crippen molar-refractivity contribution in [1.82, 2.24) is 4.57 Å². The van der Waals surface area contributed by atoms with Crippen molar-refractivity contribution >= 4 is 51.4 Å². The summed E-state index contributed by atoms with van der Waals surface area (Å²) < 4.78 is 1.66. The molecule has 0 saturated carbocycles. The summed E-state index contributed by atoms with van der Waals surface area (Å²) in [6.45, 7) is 7.17. The lowest BCUT2D eigenvalue weighted by Gasteiger charge is -2.24. The minimum atomic E-state index is -0.296. The van der Waals surface area contributed by atoms with Gasteiger partial charge in [-0.25, -0.2) is 4.79 Å². The van der Waals surface area contributed by atoms with Gasteiger partial charge in [0.2, 0.25) is 0 Å². The van der Waals surface area contributed by atoms with E-state index in [9.17, 15) is 9.59 Å². The molecule has 0 fully saturated rings. The Bertz CT molecular complexity index is 1130. The van der Waals surface area contributed by atoms with Gasteiger partial charge in [0.05, 0.1) is 15.7 Å². The number of hydrogen-bond acceptors (Lipinski definition) is 2. The normalized spacial score (nSPS) is 11.1. The number of hydrogen-bond donors (Lipinski definition) is 1. The molecule has 0 unspecified atom stereocenters. The zero-order chi connectivity index (χ0) is 21.8. The molecule has 0 aliphatic carbocycles. The van der Waals surface area contributed by atoms with E-state index in [0.717, 1.165) is 6.42 Å². The zero-order valence-electron chi connectivity index (χ0n) is 17.3. The van der Waals surface area contributed by atoms with Gasteiger partial charge >= 0.3 is 6.03 Å². The van der Waals surface area contributed by atoms with Crippen molar-refractivity contribution in [3.63, 3.8) is 0 Å². The lowest BCUT2D eigenvalue weighted by Crippen LogP contribution is -2.36. The molecule has 0 spiro atoms. The van der Waals surface area contributed by atoms with E-state index in [1.54, 1.807) is 39.9 Å². The van der Waals surface area contributed by atoms with Crippen LogP contribution in [0.2, 0.25) is 10.0 Å². The summed E-state index contributed by atoms with van der Waals surface area (Å²) in [6.07, 6.45) is 2.49.